The Kier molecular flexibility index (Phi) is 3.44. The summed E-state index contributed by atoms with van der Waals surface area (Å²) in [6.07, 6.45) is 1.77. The molecule has 0 radical (unpaired) electrons. The Labute approximate surface area is 91.8 Å². The van der Waals surface area contributed by atoms with E-state index in [2.05, 4.69) is 13.8 Å². The van der Waals surface area contributed by atoms with Gasteiger partial charge in [0.05, 0.1) is 18.6 Å². The Bertz CT molecular complexity index is 247. The Morgan fingerprint density at radius 3 is 2.53 bits per heavy atom. The van der Waals surface area contributed by atoms with Crippen molar-refractivity contribution in [2.24, 2.45) is 11.3 Å². The monoisotopic (exact) mass is 214 g/mol. The summed E-state index contributed by atoms with van der Waals surface area (Å²) < 4.78 is 4.89. The largest absolute Gasteiger partial charge is 0.466 e. The van der Waals surface area contributed by atoms with Crippen LogP contribution in [0.4, 0.5) is 0 Å². The maximum absolute atomic E-state index is 11.4. The maximum Gasteiger partial charge on any atom is 0.308 e. The van der Waals surface area contributed by atoms with E-state index in [4.69, 9.17) is 4.74 Å². The van der Waals surface area contributed by atoms with Crippen LogP contribution >= 0.6 is 0 Å². The van der Waals surface area contributed by atoms with Gasteiger partial charge in [0.1, 0.15) is 0 Å². The first-order chi connectivity index (χ1) is 6.79. The number of rotatable bonds is 3. The fourth-order valence-corrected chi connectivity index (χ4v) is 2.79. The first-order valence-electron chi connectivity index (χ1n) is 5.67. The second-order valence-electron chi connectivity index (χ2n) is 5.53. The summed E-state index contributed by atoms with van der Waals surface area (Å²) >= 11 is 0. The minimum atomic E-state index is -0.865. The molecule has 0 saturated heterocycles. The normalized spacial score (nSPS) is 34.1. The van der Waals surface area contributed by atoms with E-state index in [9.17, 15) is 9.90 Å². The van der Waals surface area contributed by atoms with E-state index in [1.807, 2.05) is 6.92 Å². The summed E-state index contributed by atoms with van der Waals surface area (Å²) in [5.74, 6) is -0.124. The van der Waals surface area contributed by atoms with Crippen LogP contribution in [0.3, 0.4) is 0 Å². The highest BCUT2D eigenvalue weighted by molar-refractivity contribution is 5.70. The van der Waals surface area contributed by atoms with E-state index in [1.165, 1.54) is 0 Å². The molecule has 1 aliphatic carbocycles. The van der Waals surface area contributed by atoms with Crippen molar-refractivity contribution in [2.45, 2.75) is 52.6 Å². The highest BCUT2D eigenvalue weighted by atomic mass is 16.5. The van der Waals surface area contributed by atoms with Crippen LogP contribution in [0.5, 0.6) is 0 Å². The van der Waals surface area contributed by atoms with Crippen LogP contribution in [0.2, 0.25) is 0 Å². The predicted octanol–water partition coefficient (Wildman–Crippen LogP) is 2.13. The topological polar surface area (TPSA) is 46.5 Å². The molecule has 0 aromatic carbocycles. The third-order valence-corrected chi connectivity index (χ3v) is 3.32. The second kappa shape index (κ2) is 4.12. The van der Waals surface area contributed by atoms with Gasteiger partial charge in [-0.3, -0.25) is 4.79 Å². The van der Waals surface area contributed by atoms with Crippen LogP contribution in [-0.2, 0) is 9.53 Å². The van der Waals surface area contributed by atoms with Gasteiger partial charge in [-0.25, -0.2) is 0 Å². The zero-order valence-corrected chi connectivity index (χ0v) is 10.2. The van der Waals surface area contributed by atoms with Gasteiger partial charge in [0.15, 0.2) is 0 Å². The van der Waals surface area contributed by atoms with Crippen molar-refractivity contribution in [1.82, 2.24) is 0 Å². The summed E-state index contributed by atoms with van der Waals surface area (Å²) in [5.41, 5.74) is -0.740. The molecule has 1 fully saturated rings. The lowest BCUT2D eigenvalue weighted by Gasteiger charge is -2.27. The Morgan fingerprint density at radius 2 is 2.13 bits per heavy atom. The molecule has 0 heterocycles. The molecular weight excluding hydrogens is 192 g/mol. The highest BCUT2D eigenvalue weighted by Gasteiger charge is 2.48. The Morgan fingerprint density at radius 1 is 1.53 bits per heavy atom. The molecule has 1 rings (SSSR count). The van der Waals surface area contributed by atoms with E-state index < -0.39 is 5.60 Å². The highest BCUT2D eigenvalue weighted by Crippen LogP contribution is 2.48. The molecule has 0 aromatic rings. The summed E-state index contributed by atoms with van der Waals surface area (Å²) in [6.45, 7) is 8.43. The molecule has 2 unspecified atom stereocenters. The number of hydrogen-bond donors (Lipinski definition) is 1. The molecule has 1 aliphatic rings. The van der Waals surface area contributed by atoms with Gasteiger partial charge in [0.2, 0.25) is 0 Å². The smallest absolute Gasteiger partial charge is 0.308 e. The summed E-state index contributed by atoms with van der Waals surface area (Å²) in [6, 6.07) is 0. The Hall–Kier alpha value is -0.570. The minimum absolute atomic E-state index is 0.126. The van der Waals surface area contributed by atoms with Crippen LogP contribution in [0, 0.1) is 11.3 Å². The lowest BCUT2D eigenvalue weighted by atomic mass is 9.87. The number of carbonyl (C=O) groups is 1. The van der Waals surface area contributed by atoms with E-state index in [-0.39, 0.29) is 23.7 Å². The lowest BCUT2D eigenvalue weighted by molar-refractivity contribution is -0.150. The molecule has 0 aliphatic heterocycles. The number of ether oxygens (including phenoxy) is 1. The lowest BCUT2D eigenvalue weighted by Crippen LogP contribution is -2.35. The molecule has 1 saturated carbocycles. The molecule has 1 N–H and O–H groups in total. The average molecular weight is 214 g/mol. The van der Waals surface area contributed by atoms with E-state index in [0.717, 1.165) is 6.42 Å². The first kappa shape index (κ1) is 12.5. The molecule has 0 amide bonds. The molecule has 15 heavy (non-hydrogen) atoms. The van der Waals surface area contributed by atoms with Crippen molar-refractivity contribution in [2.75, 3.05) is 6.61 Å². The van der Waals surface area contributed by atoms with Crippen LogP contribution in [-0.4, -0.2) is 23.3 Å². The van der Waals surface area contributed by atoms with E-state index in [1.54, 1.807) is 6.92 Å². The summed E-state index contributed by atoms with van der Waals surface area (Å²) in [7, 11) is 0. The molecule has 0 aromatic heterocycles. The summed E-state index contributed by atoms with van der Waals surface area (Å²) in [5, 5.41) is 10.4. The average Bonchev–Trinajstić information content (AvgIpc) is 2.19. The molecule has 88 valence electrons. The van der Waals surface area contributed by atoms with Gasteiger partial charge in [-0.2, -0.15) is 0 Å². The molecule has 2 atom stereocenters. The number of aliphatic hydroxyl groups is 1. The second-order valence-corrected chi connectivity index (χ2v) is 5.53. The van der Waals surface area contributed by atoms with Gasteiger partial charge in [-0.05, 0) is 31.1 Å². The van der Waals surface area contributed by atoms with Crippen LogP contribution in [0.15, 0.2) is 0 Å². The SMILES string of the molecule is CCOC(=O)CC1(O)CC(C)(C)CC1C. The van der Waals surface area contributed by atoms with Gasteiger partial charge in [0.25, 0.3) is 0 Å². The van der Waals surface area contributed by atoms with Gasteiger partial charge in [-0.1, -0.05) is 20.8 Å². The maximum atomic E-state index is 11.4. The molecule has 0 spiro atoms. The van der Waals surface area contributed by atoms with Gasteiger partial charge >= 0.3 is 5.97 Å². The zero-order chi connectivity index (χ0) is 11.7. The van der Waals surface area contributed by atoms with Crippen molar-refractivity contribution in [1.29, 1.82) is 0 Å². The van der Waals surface area contributed by atoms with E-state index in [0.29, 0.717) is 13.0 Å². The minimum Gasteiger partial charge on any atom is -0.466 e. The van der Waals surface area contributed by atoms with Gasteiger partial charge in [-0.15, -0.1) is 0 Å². The third kappa shape index (κ3) is 2.94. The molecule has 0 bridgehead atoms. The number of esters is 1. The van der Waals surface area contributed by atoms with Crippen molar-refractivity contribution in [3.63, 3.8) is 0 Å². The fraction of sp³-hybridized carbons (Fsp3) is 0.917. The third-order valence-electron chi connectivity index (χ3n) is 3.32. The van der Waals surface area contributed by atoms with Crippen LogP contribution < -0.4 is 0 Å². The quantitative estimate of drug-likeness (QED) is 0.732. The van der Waals surface area contributed by atoms with Crippen molar-refractivity contribution in [3.05, 3.63) is 0 Å². The first-order valence-corrected chi connectivity index (χ1v) is 5.67. The summed E-state index contributed by atoms with van der Waals surface area (Å²) in [4.78, 5) is 11.4. The van der Waals surface area contributed by atoms with Crippen molar-refractivity contribution < 1.29 is 14.6 Å². The van der Waals surface area contributed by atoms with E-state index >= 15 is 0 Å². The standard InChI is InChI=1S/C12H22O3/c1-5-15-10(13)7-12(14)8-11(3,4)6-9(12)2/h9,14H,5-8H2,1-4H3. The van der Waals surface area contributed by atoms with Gasteiger partial charge < -0.3 is 9.84 Å². The molecule has 3 nitrogen and oxygen atoms in total. The number of carbonyl (C=O) groups excluding carboxylic acids is 1. The predicted molar refractivity (Wildman–Crippen MR) is 58.4 cm³/mol. The molecular formula is C12H22O3. The zero-order valence-electron chi connectivity index (χ0n) is 10.2. The van der Waals surface area contributed by atoms with Gasteiger partial charge in [0, 0.05) is 0 Å². The number of hydrogen-bond acceptors (Lipinski definition) is 3. The van der Waals surface area contributed by atoms with Crippen molar-refractivity contribution >= 4 is 5.97 Å². The molecule has 3 heteroatoms. The Balaban J connectivity index is 2.63. The van der Waals surface area contributed by atoms with Crippen molar-refractivity contribution in [3.8, 4) is 0 Å². The fourth-order valence-electron chi connectivity index (χ4n) is 2.79. The van der Waals surface area contributed by atoms with Crippen LogP contribution in [0.25, 0.3) is 0 Å². The van der Waals surface area contributed by atoms with Crippen LogP contribution in [0.1, 0.15) is 47.0 Å².